The molecule has 2 aromatic heterocycles. The Kier molecular flexibility index (Phi) is 8.18. The first-order valence-corrected chi connectivity index (χ1v) is 14.5. The first kappa shape index (κ1) is 26.8. The minimum atomic E-state index is -0.346. The van der Waals surface area contributed by atoms with Crippen LogP contribution in [0.25, 0.3) is 15.9 Å². The van der Waals surface area contributed by atoms with Gasteiger partial charge in [0, 0.05) is 4.88 Å². The summed E-state index contributed by atoms with van der Waals surface area (Å²) in [7, 11) is 0. The number of hydrogen-bond donors (Lipinski definition) is 2. The van der Waals surface area contributed by atoms with Gasteiger partial charge in [0.2, 0.25) is 0 Å². The summed E-state index contributed by atoms with van der Waals surface area (Å²) in [4.78, 5) is 33.2. The van der Waals surface area contributed by atoms with Gasteiger partial charge in [-0.1, -0.05) is 11.8 Å². The first-order valence-electron chi connectivity index (χ1n) is 12.7. The molecule has 1 amide bonds. The number of benzene rings is 2. The van der Waals surface area contributed by atoms with Crippen LogP contribution in [-0.4, -0.2) is 45.7 Å². The Labute approximate surface area is 233 Å². The Hall–Kier alpha value is -3.83. The molecule has 202 valence electrons. The van der Waals surface area contributed by atoms with Gasteiger partial charge in [-0.3, -0.25) is 14.2 Å². The van der Waals surface area contributed by atoms with Gasteiger partial charge < -0.3 is 14.6 Å². The van der Waals surface area contributed by atoms with E-state index in [0.717, 1.165) is 24.8 Å². The van der Waals surface area contributed by atoms with Crippen LogP contribution >= 0.6 is 23.1 Å². The number of phenols is 1. The molecule has 0 atom stereocenters. The van der Waals surface area contributed by atoms with Crippen LogP contribution in [0.3, 0.4) is 0 Å². The molecular weight excluding hydrogens is 536 g/mol. The maximum Gasteiger partial charge on any atom is 0.267 e. The highest BCUT2D eigenvalue weighted by molar-refractivity contribution is 7.99. The van der Waals surface area contributed by atoms with Gasteiger partial charge in [0.25, 0.3) is 11.5 Å². The van der Waals surface area contributed by atoms with Gasteiger partial charge in [0.05, 0.1) is 36.3 Å². The maximum absolute atomic E-state index is 13.8. The third-order valence-electron chi connectivity index (χ3n) is 6.13. The second-order valence-corrected chi connectivity index (χ2v) is 10.8. The smallest absolute Gasteiger partial charge is 0.267 e. The fraction of sp³-hybridized carbons (Fsp3) is 0.286. The van der Waals surface area contributed by atoms with Crippen LogP contribution in [0.1, 0.15) is 36.3 Å². The van der Waals surface area contributed by atoms with E-state index in [2.05, 4.69) is 10.5 Å². The van der Waals surface area contributed by atoms with E-state index in [1.165, 1.54) is 28.9 Å². The maximum atomic E-state index is 13.8. The highest BCUT2D eigenvalue weighted by Gasteiger charge is 2.24. The molecule has 2 aromatic carbocycles. The Balaban J connectivity index is 1.37. The zero-order chi connectivity index (χ0) is 27.4. The summed E-state index contributed by atoms with van der Waals surface area (Å²) in [6.45, 7) is 4.70. The van der Waals surface area contributed by atoms with Crippen molar-refractivity contribution in [3.63, 3.8) is 0 Å². The van der Waals surface area contributed by atoms with Crippen molar-refractivity contribution in [2.45, 2.75) is 38.3 Å². The van der Waals surface area contributed by atoms with Crippen molar-refractivity contribution in [2.24, 2.45) is 5.10 Å². The molecule has 0 unspecified atom stereocenters. The number of rotatable bonds is 10. The molecule has 5 rings (SSSR count). The predicted octanol–water partition coefficient (Wildman–Crippen LogP) is 4.68. The third kappa shape index (κ3) is 5.79. The van der Waals surface area contributed by atoms with Crippen molar-refractivity contribution in [3.8, 4) is 22.9 Å². The van der Waals surface area contributed by atoms with E-state index in [9.17, 15) is 14.7 Å². The summed E-state index contributed by atoms with van der Waals surface area (Å²) >= 11 is 2.75. The van der Waals surface area contributed by atoms with Crippen LogP contribution in [0.4, 0.5) is 0 Å². The van der Waals surface area contributed by atoms with E-state index < -0.39 is 0 Å². The topological polar surface area (TPSA) is 115 Å². The second-order valence-electron chi connectivity index (χ2n) is 8.74. The zero-order valence-electron chi connectivity index (χ0n) is 21.6. The molecule has 0 aliphatic heterocycles. The number of thiophene rings is 1. The molecule has 0 saturated carbocycles. The van der Waals surface area contributed by atoms with Crippen molar-refractivity contribution in [1.82, 2.24) is 15.0 Å². The number of aryl methyl sites for hydroxylation is 2. The molecule has 1 aliphatic carbocycles. The van der Waals surface area contributed by atoms with Crippen LogP contribution in [-0.2, 0) is 17.6 Å². The Bertz CT molecular complexity index is 1590. The summed E-state index contributed by atoms with van der Waals surface area (Å²) in [5.74, 6) is 0.761. The van der Waals surface area contributed by atoms with Gasteiger partial charge >= 0.3 is 0 Å². The van der Waals surface area contributed by atoms with Gasteiger partial charge in [0.1, 0.15) is 10.6 Å². The normalized spacial score (nSPS) is 12.7. The monoisotopic (exact) mass is 564 g/mol. The molecule has 2 N–H and O–H groups in total. The Morgan fingerprint density at radius 1 is 1.18 bits per heavy atom. The number of hydrogen-bond acceptors (Lipinski definition) is 9. The average Bonchev–Trinajstić information content (AvgIpc) is 3.51. The number of carbonyl (C=O) groups is 1. The number of carbonyl (C=O) groups excluding carboxylic acids is 1. The lowest BCUT2D eigenvalue weighted by Crippen LogP contribution is -2.24. The van der Waals surface area contributed by atoms with Gasteiger partial charge in [-0.25, -0.2) is 10.4 Å². The molecule has 0 fully saturated rings. The fourth-order valence-corrected chi connectivity index (χ4v) is 6.54. The highest BCUT2D eigenvalue weighted by atomic mass is 32.2. The summed E-state index contributed by atoms with van der Waals surface area (Å²) in [5, 5.41) is 15.0. The molecule has 0 bridgehead atoms. The number of nitrogens with one attached hydrogen (secondary N) is 1. The summed E-state index contributed by atoms with van der Waals surface area (Å²) in [5.41, 5.74) is 4.81. The summed E-state index contributed by atoms with van der Waals surface area (Å²) < 4.78 is 12.5. The highest BCUT2D eigenvalue weighted by Crippen LogP contribution is 2.36. The van der Waals surface area contributed by atoms with Crippen LogP contribution in [0.5, 0.6) is 17.2 Å². The molecular formula is C28H28N4O5S2. The lowest BCUT2D eigenvalue weighted by molar-refractivity contribution is -0.118. The molecule has 9 nitrogen and oxygen atoms in total. The largest absolute Gasteiger partial charge is 0.504 e. The van der Waals surface area contributed by atoms with Crippen molar-refractivity contribution in [1.29, 1.82) is 0 Å². The number of hydrazone groups is 1. The minimum absolute atomic E-state index is 0.0111. The van der Waals surface area contributed by atoms with E-state index in [1.54, 1.807) is 28.0 Å². The van der Waals surface area contributed by atoms with Crippen molar-refractivity contribution in [3.05, 3.63) is 68.8 Å². The first-order chi connectivity index (χ1) is 19.0. The molecule has 0 radical (unpaired) electrons. The van der Waals surface area contributed by atoms with Crippen LogP contribution < -0.4 is 20.5 Å². The predicted molar refractivity (Wildman–Crippen MR) is 154 cm³/mol. The Morgan fingerprint density at radius 3 is 2.74 bits per heavy atom. The number of amides is 1. The lowest BCUT2D eigenvalue weighted by atomic mass is 10.2. The van der Waals surface area contributed by atoms with E-state index in [-0.39, 0.29) is 23.0 Å². The van der Waals surface area contributed by atoms with Gasteiger partial charge in [-0.15, -0.1) is 11.3 Å². The van der Waals surface area contributed by atoms with Crippen LogP contribution in [0.15, 0.2) is 57.5 Å². The fourth-order valence-electron chi connectivity index (χ4n) is 4.43. The number of ether oxygens (including phenoxy) is 2. The number of nitrogens with zero attached hydrogens (tertiary/aromatic N) is 3. The van der Waals surface area contributed by atoms with E-state index in [4.69, 9.17) is 14.5 Å². The van der Waals surface area contributed by atoms with E-state index in [1.807, 2.05) is 38.1 Å². The van der Waals surface area contributed by atoms with Gasteiger partial charge in [0.15, 0.2) is 16.7 Å². The van der Waals surface area contributed by atoms with Crippen molar-refractivity contribution >= 4 is 45.4 Å². The molecule has 39 heavy (non-hydrogen) atoms. The molecule has 4 aromatic rings. The number of thioether (sulfide) groups is 1. The molecule has 0 spiro atoms. The second kappa shape index (κ2) is 11.9. The van der Waals surface area contributed by atoms with Crippen molar-refractivity contribution < 1.29 is 19.4 Å². The Morgan fingerprint density at radius 2 is 1.97 bits per heavy atom. The molecule has 11 heteroatoms. The number of phenolic OH excluding ortho intramolecular Hbond substituents is 1. The minimum Gasteiger partial charge on any atom is -0.504 e. The van der Waals surface area contributed by atoms with E-state index >= 15 is 0 Å². The zero-order valence-corrected chi connectivity index (χ0v) is 23.2. The molecule has 0 saturated heterocycles. The third-order valence-corrected chi connectivity index (χ3v) is 8.26. The standard InChI is InChI=1S/C28H28N4O5S2/c1-3-36-19-11-9-18(10-12-19)32-27(35)25-20-6-5-7-23(20)39-26(25)30-28(32)38-16-24(34)31-29-15-17-8-13-21(33)22(14-17)37-4-2/h8-15,33H,3-7,16H2,1-2H3,(H,31,34). The summed E-state index contributed by atoms with van der Waals surface area (Å²) in [6, 6.07) is 12.1. The molecule has 1 aliphatic rings. The summed E-state index contributed by atoms with van der Waals surface area (Å²) in [6.07, 6.45) is 4.37. The quantitative estimate of drug-likeness (QED) is 0.124. The van der Waals surface area contributed by atoms with E-state index in [0.29, 0.717) is 51.3 Å². The van der Waals surface area contributed by atoms with Crippen molar-refractivity contribution in [2.75, 3.05) is 19.0 Å². The van der Waals surface area contributed by atoms with Crippen LogP contribution in [0, 0.1) is 0 Å². The van der Waals surface area contributed by atoms with Gasteiger partial charge in [-0.2, -0.15) is 5.10 Å². The lowest BCUT2D eigenvalue weighted by Gasteiger charge is -2.13. The number of aromatic hydroxyl groups is 1. The van der Waals surface area contributed by atoms with Gasteiger partial charge in [-0.05, 0) is 86.7 Å². The average molecular weight is 565 g/mol. The number of fused-ring (bicyclic) bond motifs is 3. The number of aromatic nitrogens is 2. The molecule has 2 heterocycles. The SMILES string of the molecule is CCOc1ccc(-n2c(SCC(=O)NN=Cc3ccc(O)c(OCC)c3)nc3sc4c(c3c2=O)CCC4)cc1. The van der Waals surface area contributed by atoms with Crippen LogP contribution in [0.2, 0.25) is 0 Å².